The van der Waals surface area contributed by atoms with Gasteiger partial charge in [-0.15, -0.1) is 0 Å². The zero-order valence-corrected chi connectivity index (χ0v) is 15.9. The SMILES string of the molecule is C=C/C=C(C(N)=O)\C(=C/C)NC(=O)C1CC(=O)NN1C1=NCC(C)C=C1Cl. The maximum atomic E-state index is 12.8. The number of aliphatic imine (C=N–C) groups is 1. The Hall–Kier alpha value is -2.87. The standard InChI is InChI=1S/C18H22ClN5O3/c1-4-6-11(16(20)26)13(5-2)22-18(27)14-8-15(25)23-24(14)17-12(19)7-10(3)9-21-17/h4-7,10,14H,1,8-9H2,2-3H3,(H2,20,26)(H,22,27)(H,23,25)/b11-6+,13-5+. The molecule has 27 heavy (non-hydrogen) atoms. The molecule has 0 aromatic rings. The number of hydrogen-bond acceptors (Lipinski definition) is 5. The van der Waals surface area contributed by atoms with Gasteiger partial charge < -0.3 is 11.1 Å². The van der Waals surface area contributed by atoms with Gasteiger partial charge in [0.25, 0.3) is 5.91 Å². The molecular formula is C18H22ClN5O3. The Balaban J connectivity index is 2.24. The molecule has 0 radical (unpaired) electrons. The minimum absolute atomic E-state index is 0.0708. The van der Waals surface area contributed by atoms with E-state index in [1.54, 1.807) is 13.0 Å². The Labute approximate surface area is 162 Å². The second-order valence-corrected chi connectivity index (χ2v) is 6.56. The normalized spacial score (nSPS) is 23.4. The van der Waals surface area contributed by atoms with Crippen LogP contribution in [0.3, 0.4) is 0 Å². The quantitative estimate of drug-likeness (QED) is 0.476. The van der Waals surface area contributed by atoms with E-state index >= 15 is 0 Å². The van der Waals surface area contributed by atoms with Gasteiger partial charge in [-0.25, -0.2) is 0 Å². The fourth-order valence-electron chi connectivity index (χ4n) is 2.74. The Morgan fingerprint density at radius 1 is 1.52 bits per heavy atom. The van der Waals surface area contributed by atoms with Crippen molar-refractivity contribution in [2.75, 3.05) is 6.54 Å². The molecule has 0 aromatic carbocycles. The first-order valence-corrected chi connectivity index (χ1v) is 8.77. The van der Waals surface area contributed by atoms with Crippen LogP contribution >= 0.6 is 11.6 Å². The number of dihydropyridines is 1. The molecular weight excluding hydrogens is 370 g/mol. The summed E-state index contributed by atoms with van der Waals surface area (Å²) in [5, 5.41) is 4.37. The fraction of sp³-hybridized carbons (Fsp3) is 0.333. The topological polar surface area (TPSA) is 117 Å². The minimum Gasteiger partial charge on any atom is -0.366 e. The first kappa shape index (κ1) is 20.4. The van der Waals surface area contributed by atoms with Crippen LogP contribution < -0.4 is 16.5 Å². The maximum absolute atomic E-state index is 12.8. The van der Waals surface area contributed by atoms with Crippen LogP contribution in [0.2, 0.25) is 0 Å². The second kappa shape index (κ2) is 8.68. The van der Waals surface area contributed by atoms with E-state index in [4.69, 9.17) is 17.3 Å². The molecule has 144 valence electrons. The maximum Gasteiger partial charge on any atom is 0.250 e. The van der Waals surface area contributed by atoms with Crippen molar-refractivity contribution in [2.45, 2.75) is 26.3 Å². The van der Waals surface area contributed by atoms with E-state index in [1.807, 2.05) is 13.0 Å². The molecule has 0 saturated carbocycles. The Morgan fingerprint density at radius 2 is 2.22 bits per heavy atom. The Bertz CT molecular complexity index is 797. The molecule has 2 rings (SSSR count). The van der Waals surface area contributed by atoms with Gasteiger partial charge in [-0.3, -0.25) is 29.8 Å². The molecule has 0 bridgehead atoms. The molecule has 0 spiro atoms. The van der Waals surface area contributed by atoms with Crippen molar-refractivity contribution < 1.29 is 14.4 Å². The molecule has 4 N–H and O–H groups in total. The minimum atomic E-state index is -0.875. The van der Waals surface area contributed by atoms with Crippen LogP contribution in [0.1, 0.15) is 20.3 Å². The van der Waals surface area contributed by atoms with E-state index in [2.05, 4.69) is 22.3 Å². The number of hydrazine groups is 1. The summed E-state index contributed by atoms with van der Waals surface area (Å²) in [6, 6.07) is -0.875. The zero-order valence-electron chi connectivity index (χ0n) is 15.2. The smallest absolute Gasteiger partial charge is 0.250 e. The molecule has 2 heterocycles. The highest BCUT2D eigenvalue weighted by atomic mass is 35.5. The molecule has 0 aliphatic carbocycles. The highest BCUT2D eigenvalue weighted by Crippen LogP contribution is 2.22. The summed E-state index contributed by atoms with van der Waals surface area (Å²) >= 11 is 6.25. The predicted molar refractivity (Wildman–Crippen MR) is 103 cm³/mol. The molecule has 1 saturated heterocycles. The molecule has 2 unspecified atom stereocenters. The van der Waals surface area contributed by atoms with Crippen LogP contribution in [-0.2, 0) is 14.4 Å². The first-order chi connectivity index (χ1) is 12.8. The molecule has 0 aromatic heterocycles. The summed E-state index contributed by atoms with van der Waals surface area (Å²) < 4.78 is 0. The predicted octanol–water partition coefficient (Wildman–Crippen LogP) is 0.881. The highest BCUT2D eigenvalue weighted by Gasteiger charge is 2.39. The molecule has 2 aliphatic heterocycles. The Morgan fingerprint density at radius 3 is 2.78 bits per heavy atom. The van der Waals surface area contributed by atoms with Crippen LogP contribution in [0.25, 0.3) is 0 Å². The molecule has 2 atom stereocenters. The largest absolute Gasteiger partial charge is 0.366 e. The number of nitrogens with one attached hydrogen (secondary N) is 2. The van der Waals surface area contributed by atoms with E-state index in [1.165, 1.54) is 17.2 Å². The average molecular weight is 392 g/mol. The van der Waals surface area contributed by atoms with Gasteiger partial charge in [-0.05, 0) is 18.9 Å². The summed E-state index contributed by atoms with van der Waals surface area (Å²) in [5.74, 6) is -1.04. The lowest BCUT2D eigenvalue weighted by Crippen LogP contribution is -2.50. The third kappa shape index (κ3) is 4.65. The van der Waals surface area contributed by atoms with Crippen LogP contribution in [0.5, 0.6) is 0 Å². The lowest BCUT2D eigenvalue weighted by Gasteiger charge is -2.28. The van der Waals surface area contributed by atoms with Gasteiger partial charge in [0, 0.05) is 12.2 Å². The number of allylic oxidation sites excluding steroid dienone is 3. The van der Waals surface area contributed by atoms with Gasteiger partial charge in [0.15, 0.2) is 5.84 Å². The number of hydrogen-bond donors (Lipinski definition) is 3. The van der Waals surface area contributed by atoms with E-state index in [0.717, 1.165) is 0 Å². The summed E-state index contributed by atoms with van der Waals surface area (Å²) in [4.78, 5) is 40.7. The monoisotopic (exact) mass is 391 g/mol. The first-order valence-electron chi connectivity index (χ1n) is 8.39. The van der Waals surface area contributed by atoms with Crippen molar-refractivity contribution in [3.05, 3.63) is 47.2 Å². The number of primary amides is 1. The molecule has 3 amide bonds. The molecule has 2 aliphatic rings. The van der Waals surface area contributed by atoms with Crippen molar-refractivity contribution in [2.24, 2.45) is 16.6 Å². The lowest BCUT2D eigenvalue weighted by atomic mass is 10.1. The number of nitrogens with two attached hydrogens (primary N) is 1. The van der Waals surface area contributed by atoms with Crippen LogP contribution in [0.4, 0.5) is 0 Å². The summed E-state index contributed by atoms with van der Waals surface area (Å²) in [7, 11) is 0. The van der Waals surface area contributed by atoms with E-state index in [9.17, 15) is 14.4 Å². The molecule has 8 nitrogen and oxygen atoms in total. The number of carbonyl (C=O) groups is 3. The van der Waals surface area contributed by atoms with Crippen LogP contribution in [-0.4, -0.2) is 41.2 Å². The second-order valence-electron chi connectivity index (χ2n) is 6.15. The number of nitrogens with zero attached hydrogens (tertiary/aromatic N) is 2. The van der Waals surface area contributed by atoms with Gasteiger partial charge in [0.2, 0.25) is 11.8 Å². The number of halogens is 1. The number of carbonyl (C=O) groups excluding carboxylic acids is 3. The van der Waals surface area contributed by atoms with Gasteiger partial charge in [-0.1, -0.05) is 43.3 Å². The van der Waals surface area contributed by atoms with Crippen molar-refractivity contribution >= 4 is 35.2 Å². The third-order valence-corrected chi connectivity index (χ3v) is 4.32. The van der Waals surface area contributed by atoms with Crippen molar-refractivity contribution in [1.82, 2.24) is 15.8 Å². The Kier molecular flexibility index (Phi) is 6.57. The van der Waals surface area contributed by atoms with E-state index in [-0.39, 0.29) is 29.5 Å². The fourth-order valence-corrected chi connectivity index (χ4v) is 3.11. The van der Waals surface area contributed by atoms with Crippen LogP contribution in [0, 0.1) is 5.92 Å². The lowest BCUT2D eigenvalue weighted by molar-refractivity contribution is -0.124. The molecule has 9 heteroatoms. The number of amidine groups is 1. The van der Waals surface area contributed by atoms with Crippen molar-refractivity contribution in [3.63, 3.8) is 0 Å². The number of rotatable bonds is 5. The zero-order chi connectivity index (χ0) is 20.1. The average Bonchev–Trinajstić information content (AvgIpc) is 2.99. The van der Waals surface area contributed by atoms with Gasteiger partial charge in [0.05, 0.1) is 17.0 Å². The van der Waals surface area contributed by atoms with Gasteiger partial charge in [0.1, 0.15) is 6.04 Å². The summed E-state index contributed by atoms with van der Waals surface area (Å²) in [5.41, 5.74) is 8.29. The van der Waals surface area contributed by atoms with Crippen LogP contribution in [0.15, 0.2) is 52.2 Å². The molecule has 1 fully saturated rings. The summed E-state index contributed by atoms with van der Waals surface area (Å²) in [6.07, 6.45) is 6.09. The number of amides is 3. The van der Waals surface area contributed by atoms with Crippen molar-refractivity contribution in [1.29, 1.82) is 0 Å². The van der Waals surface area contributed by atoms with Gasteiger partial charge >= 0.3 is 0 Å². The third-order valence-electron chi connectivity index (χ3n) is 4.03. The van der Waals surface area contributed by atoms with E-state index in [0.29, 0.717) is 17.4 Å². The highest BCUT2D eigenvalue weighted by molar-refractivity contribution is 6.43. The summed E-state index contributed by atoms with van der Waals surface area (Å²) in [6.45, 7) is 7.64. The van der Waals surface area contributed by atoms with Gasteiger partial charge in [-0.2, -0.15) is 0 Å². The van der Waals surface area contributed by atoms with Crippen molar-refractivity contribution in [3.8, 4) is 0 Å². The van der Waals surface area contributed by atoms with E-state index < -0.39 is 17.9 Å².